The summed E-state index contributed by atoms with van der Waals surface area (Å²) in [4.78, 5) is 15.2. The third-order valence-corrected chi connectivity index (χ3v) is 5.20. The van der Waals surface area contributed by atoms with Crippen molar-refractivity contribution in [1.82, 2.24) is 10.2 Å². The number of phenols is 1. The maximum Gasteiger partial charge on any atom is 0.259 e. The van der Waals surface area contributed by atoms with Crippen LogP contribution in [0.3, 0.4) is 0 Å². The normalized spacial score (nSPS) is 15.5. The van der Waals surface area contributed by atoms with Crippen molar-refractivity contribution in [2.45, 2.75) is 38.8 Å². The third-order valence-electron chi connectivity index (χ3n) is 5.20. The number of hydrogen-bond donors (Lipinski definition) is 2. The monoisotopic (exact) mass is 368 g/mol. The van der Waals surface area contributed by atoms with Crippen LogP contribution >= 0.6 is 0 Å². The van der Waals surface area contributed by atoms with E-state index >= 15 is 0 Å². The lowest BCUT2D eigenvalue weighted by Crippen LogP contribution is -2.44. The van der Waals surface area contributed by atoms with E-state index in [2.05, 4.69) is 34.5 Å². The molecule has 1 amide bonds. The molecule has 0 atom stereocenters. The van der Waals surface area contributed by atoms with Crippen molar-refractivity contribution in [3.05, 3.63) is 59.2 Å². The van der Waals surface area contributed by atoms with E-state index in [4.69, 9.17) is 4.74 Å². The van der Waals surface area contributed by atoms with Gasteiger partial charge in [-0.3, -0.25) is 9.69 Å². The first-order valence-corrected chi connectivity index (χ1v) is 9.58. The van der Waals surface area contributed by atoms with E-state index in [0.717, 1.165) is 44.5 Å². The van der Waals surface area contributed by atoms with Gasteiger partial charge in [0, 0.05) is 25.7 Å². The lowest BCUT2D eigenvalue weighted by molar-refractivity contribution is 0.0903. The molecule has 1 aliphatic heterocycles. The van der Waals surface area contributed by atoms with E-state index in [1.165, 1.54) is 12.7 Å². The van der Waals surface area contributed by atoms with Crippen molar-refractivity contribution in [1.29, 1.82) is 0 Å². The number of aryl methyl sites for hydroxylation is 1. The van der Waals surface area contributed by atoms with Crippen LogP contribution in [-0.2, 0) is 13.0 Å². The highest BCUT2D eigenvalue weighted by Gasteiger charge is 2.25. The molecule has 0 aromatic heterocycles. The number of aromatic hydroxyl groups is 1. The van der Waals surface area contributed by atoms with Crippen molar-refractivity contribution in [2.75, 3.05) is 20.2 Å². The number of nitrogens with one attached hydrogen (secondary N) is 1. The Morgan fingerprint density at radius 2 is 1.89 bits per heavy atom. The van der Waals surface area contributed by atoms with Crippen LogP contribution in [0.1, 0.15) is 41.3 Å². The number of nitrogens with zero attached hydrogens (tertiary/aromatic N) is 1. The molecule has 0 bridgehead atoms. The van der Waals surface area contributed by atoms with Crippen molar-refractivity contribution >= 4 is 5.91 Å². The minimum atomic E-state index is -0.263. The quantitative estimate of drug-likeness (QED) is 0.821. The van der Waals surface area contributed by atoms with Gasteiger partial charge in [0.1, 0.15) is 17.1 Å². The smallest absolute Gasteiger partial charge is 0.259 e. The van der Waals surface area contributed by atoms with Crippen LogP contribution in [0.2, 0.25) is 0 Å². The number of ether oxygens (including phenoxy) is 1. The molecule has 1 saturated heterocycles. The molecule has 2 aromatic rings. The van der Waals surface area contributed by atoms with E-state index in [1.54, 1.807) is 12.1 Å². The van der Waals surface area contributed by atoms with Gasteiger partial charge in [-0.25, -0.2) is 0 Å². The Morgan fingerprint density at radius 3 is 2.52 bits per heavy atom. The Morgan fingerprint density at radius 1 is 1.19 bits per heavy atom. The predicted octanol–water partition coefficient (Wildman–Crippen LogP) is 3.36. The fraction of sp³-hybridized carbons (Fsp3) is 0.409. The summed E-state index contributed by atoms with van der Waals surface area (Å²) in [5.74, 6) is 0.167. The molecule has 5 heteroatoms. The van der Waals surface area contributed by atoms with Gasteiger partial charge in [0.15, 0.2) is 0 Å². The zero-order valence-corrected chi connectivity index (χ0v) is 16.1. The van der Waals surface area contributed by atoms with Gasteiger partial charge in [0.05, 0.1) is 7.11 Å². The second-order valence-corrected chi connectivity index (χ2v) is 7.02. The van der Waals surface area contributed by atoms with Gasteiger partial charge in [0.2, 0.25) is 0 Å². The molecule has 0 spiro atoms. The van der Waals surface area contributed by atoms with Gasteiger partial charge in [-0.05, 0) is 36.5 Å². The Bertz CT molecular complexity index is 769. The SMILES string of the molecule is CCc1ccc(O)c(C(=O)NC2CCN(Cc3ccccc3)CC2)c1OC. The highest BCUT2D eigenvalue weighted by molar-refractivity contribution is 6.00. The topological polar surface area (TPSA) is 61.8 Å². The van der Waals surface area contributed by atoms with Crippen LogP contribution in [0.25, 0.3) is 0 Å². The largest absolute Gasteiger partial charge is 0.507 e. The van der Waals surface area contributed by atoms with E-state index in [9.17, 15) is 9.90 Å². The molecule has 1 fully saturated rings. The number of phenolic OH excluding ortho intramolecular Hbond substituents is 1. The van der Waals surface area contributed by atoms with Gasteiger partial charge >= 0.3 is 0 Å². The number of amides is 1. The van der Waals surface area contributed by atoms with Crippen LogP contribution in [0.4, 0.5) is 0 Å². The Balaban J connectivity index is 1.60. The molecule has 27 heavy (non-hydrogen) atoms. The first-order valence-electron chi connectivity index (χ1n) is 9.58. The third kappa shape index (κ3) is 4.61. The van der Waals surface area contributed by atoms with Gasteiger partial charge in [-0.2, -0.15) is 0 Å². The lowest BCUT2D eigenvalue weighted by Gasteiger charge is -2.32. The minimum absolute atomic E-state index is 0.0388. The van der Waals surface area contributed by atoms with E-state index in [0.29, 0.717) is 5.75 Å². The number of piperidine rings is 1. The number of hydrogen-bond acceptors (Lipinski definition) is 4. The summed E-state index contributed by atoms with van der Waals surface area (Å²) in [6, 6.07) is 13.9. The lowest BCUT2D eigenvalue weighted by atomic mass is 10.0. The number of likely N-dealkylation sites (tertiary alicyclic amines) is 1. The van der Waals surface area contributed by atoms with E-state index in [1.807, 2.05) is 13.0 Å². The van der Waals surface area contributed by atoms with Crippen molar-refractivity contribution < 1.29 is 14.6 Å². The fourth-order valence-electron chi connectivity index (χ4n) is 3.68. The van der Waals surface area contributed by atoms with Crippen LogP contribution in [0.15, 0.2) is 42.5 Å². The second-order valence-electron chi connectivity index (χ2n) is 7.02. The molecule has 1 aliphatic rings. The van der Waals surface area contributed by atoms with Crippen molar-refractivity contribution in [3.63, 3.8) is 0 Å². The highest BCUT2D eigenvalue weighted by atomic mass is 16.5. The second kappa shape index (κ2) is 8.91. The molecule has 0 aliphatic carbocycles. The Labute approximate surface area is 161 Å². The number of methoxy groups -OCH3 is 1. The molecule has 0 unspecified atom stereocenters. The average molecular weight is 368 g/mol. The first-order chi connectivity index (χ1) is 13.1. The van der Waals surface area contributed by atoms with Gasteiger partial charge in [-0.1, -0.05) is 43.3 Å². The molecule has 5 nitrogen and oxygen atoms in total. The summed E-state index contributed by atoms with van der Waals surface area (Å²) >= 11 is 0. The molecular weight excluding hydrogens is 340 g/mol. The molecule has 3 rings (SSSR count). The van der Waals surface area contributed by atoms with E-state index in [-0.39, 0.29) is 23.3 Å². The standard InChI is InChI=1S/C22H28N2O3/c1-3-17-9-10-19(25)20(21(17)27-2)22(26)23-18-11-13-24(14-12-18)15-16-7-5-4-6-8-16/h4-10,18,25H,3,11-15H2,1-2H3,(H,23,26). The summed E-state index contributed by atoms with van der Waals surface area (Å²) in [6.07, 6.45) is 2.53. The van der Waals surface area contributed by atoms with Gasteiger partial charge in [-0.15, -0.1) is 0 Å². The van der Waals surface area contributed by atoms with Crippen LogP contribution in [0.5, 0.6) is 11.5 Å². The minimum Gasteiger partial charge on any atom is -0.507 e. The van der Waals surface area contributed by atoms with Gasteiger partial charge < -0.3 is 15.2 Å². The average Bonchev–Trinajstić information content (AvgIpc) is 2.69. The predicted molar refractivity (Wildman–Crippen MR) is 106 cm³/mol. The summed E-state index contributed by atoms with van der Waals surface area (Å²) in [5.41, 5.74) is 2.47. The summed E-state index contributed by atoms with van der Waals surface area (Å²) < 4.78 is 5.41. The highest BCUT2D eigenvalue weighted by Crippen LogP contribution is 2.32. The molecule has 144 valence electrons. The zero-order chi connectivity index (χ0) is 19.2. The molecule has 0 radical (unpaired) electrons. The van der Waals surface area contributed by atoms with Crippen LogP contribution in [-0.4, -0.2) is 42.2 Å². The fourth-order valence-corrected chi connectivity index (χ4v) is 3.68. The zero-order valence-electron chi connectivity index (χ0n) is 16.1. The number of carbonyl (C=O) groups is 1. The first kappa shape index (κ1) is 19.2. The number of carbonyl (C=O) groups excluding carboxylic acids is 1. The summed E-state index contributed by atoms with van der Waals surface area (Å²) in [6.45, 7) is 4.82. The number of benzene rings is 2. The van der Waals surface area contributed by atoms with Crippen LogP contribution < -0.4 is 10.1 Å². The van der Waals surface area contributed by atoms with Gasteiger partial charge in [0.25, 0.3) is 5.91 Å². The Hall–Kier alpha value is -2.53. The maximum absolute atomic E-state index is 12.8. The molecule has 2 N–H and O–H groups in total. The number of rotatable bonds is 6. The molecule has 2 aromatic carbocycles. The van der Waals surface area contributed by atoms with E-state index < -0.39 is 0 Å². The van der Waals surface area contributed by atoms with Crippen LogP contribution in [0, 0.1) is 0 Å². The van der Waals surface area contributed by atoms with Crippen molar-refractivity contribution in [3.8, 4) is 11.5 Å². The summed E-state index contributed by atoms with van der Waals surface area (Å²) in [5, 5.41) is 13.3. The maximum atomic E-state index is 12.8. The molecule has 1 heterocycles. The van der Waals surface area contributed by atoms with Crippen molar-refractivity contribution in [2.24, 2.45) is 0 Å². The molecular formula is C22H28N2O3. The summed E-state index contributed by atoms with van der Waals surface area (Å²) in [7, 11) is 1.53. The Kier molecular flexibility index (Phi) is 6.35. The molecule has 0 saturated carbocycles.